The second-order valence-electron chi connectivity index (χ2n) is 7.33. The van der Waals surface area contributed by atoms with Gasteiger partial charge in [-0.1, -0.05) is 20.3 Å². The minimum Gasteiger partial charge on any atom is -0.423 e. The van der Waals surface area contributed by atoms with Crippen LogP contribution in [0.1, 0.15) is 44.6 Å². The SMILES string of the molecule is CNC1CCCCN(c2nc3cc(C(C)C)cc(-c4nccs4)c3o2)C1. The van der Waals surface area contributed by atoms with Crippen LogP contribution in [0.2, 0.25) is 0 Å². The summed E-state index contributed by atoms with van der Waals surface area (Å²) in [7, 11) is 2.04. The summed E-state index contributed by atoms with van der Waals surface area (Å²) in [6.45, 7) is 6.35. The molecule has 0 saturated carbocycles. The fourth-order valence-electron chi connectivity index (χ4n) is 3.58. The summed E-state index contributed by atoms with van der Waals surface area (Å²) in [5.41, 5.74) is 4.11. The molecule has 1 aliphatic heterocycles. The van der Waals surface area contributed by atoms with E-state index in [1.807, 2.05) is 18.6 Å². The number of fused-ring (bicyclic) bond motifs is 1. The van der Waals surface area contributed by atoms with Gasteiger partial charge in [-0.15, -0.1) is 11.3 Å². The fourth-order valence-corrected chi connectivity index (χ4v) is 4.23. The molecule has 138 valence electrons. The van der Waals surface area contributed by atoms with Gasteiger partial charge in [0, 0.05) is 30.7 Å². The molecule has 0 radical (unpaired) electrons. The van der Waals surface area contributed by atoms with Gasteiger partial charge in [0.05, 0.1) is 5.56 Å². The van der Waals surface area contributed by atoms with Crippen molar-refractivity contribution in [1.29, 1.82) is 0 Å². The van der Waals surface area contributed by atoms with Crippen molar-refractivity contribution in [1.82, 2.24) is 15.3 Å². The van der Waals surface area contributed by atoms with Crippen molar-refractivity contribution in [2.45, 2.75) is 45.1 Å². The lowest BCUT2D eigenvalue weighted by atomic mass is 10.00. The van der Waals surface area contributed by atoms with Crippen molar-refractivity contribution in [2.75, 3.05) is 25.0 Å². The van der Waals surface area contributed by atoms with Gasteiger partial charge in [0.15, 0.2) is 5.58 Å². The van der Waals surface area contributed by atoms with Crippen molar-refractivity contribution >= 4 is 28.5 Å². The van der Waals surface area contributed by atoms with Crippen LogP contribution in [0.15, 0.2) is 28.1 Å². The Morgan fingerprint density at radius 1 is 1.31 bits per heavy atom. The summed E-state index contributed by atoms with van der Waals surface area (Å²) in [6, 6.07) is 5.59. The molecule has 5 nitrogen and oxygen atoms in total. The summed E-state index contributed by atoms with van der Waals surface area (Å²) < 4.78 is 6.30. The maximum absolute atomic E-state index is 6.30. The van der Waals surface area contributed by atoms with Crippen LogP contribution in [0.5, 0.6) is 0 Å². The lowest BCUT2D eigenvalue weighted by Gasteiger charge is -2.22. The first-order valence-electron chi connectivity index (χ1n) is 9.42. The van der Waals surface area contributed by atoms with Crippen LogP contribution in [-0.4, -0.2) is 36.1 Å². The molecule has 0 aliphatic carbocycles. The Morgan fingerprint density at radius 3 is 2.92 bits per heavy atom. The Balaban J connectivity index is 1.79. The van der Waals surface area contributed by atoms with E-state index in [1.54, 1.807) is 11.3 Å². The lowest BCUT2D eigenvalue weighted by molar-refractivity contribution is 0.511. The van der Waals surface area contributed by atoms with Crippen LogP contribution in [0, 0.1) is 0 Å². The molecule has 0 bridgehead atoms. The third-order valence-electron chi connectivity index (χ3n) is 5.18. The van der Waals surface area contributed by atoms with Crippen molar-refractivity contribution in [3.05, 3.63) is 29.3 Å². The Kier molecular flexibility index (Phi) is 4.96. The minimum atomic E-state index is 0.435. The van der Waals surface area contributed by atoms with Crippen LogP contribution in [0.3, 0.4) is 0 Å². The van der Waals surface area contributed by atoms with E-state index in [1.165, 1.54) is 24.8 Å². The highest BCUT2D eigenvalue weighted by atomic mass is 32.1. The number of hydrogen-bond acceptors (Lipinski definition) is 6. The lowest BCUT2D eigenvalue weighted by Crippen LogP contribution is -2.38. The second kappa shape index (κ2) is 7.37. The number of likely N-dealkylation sites (N-methyl/N-ethyl adjacent to an activating group) is 1. The van der Waals surface area contributed by atoms with Crippen molar-refractivity contribution < 1.29 is 4.42 Å². The van der Waals surface area contributed by atoms with Gasteiger partial charge in [0.25, 0.3) is 6.01 Å². The number of thiazole rings is 1. The second-order valence-corrected chi connectivity index (χ2v) is 8.23. The molecule has 1 unspecified atom stereocenters. The summed E-state index contributed by atoms with van der Waals surface area (Å²) in [6.07, 6.45) is 5.46. The smallest absolute Gasteiger partial charge is 0.298 e. The van der Waals surface area contributed by atoms with Crippen LogP contribution in [0.25, 0.3) is 21.7 Å². The molecule has 1 aliphatic rings. The molecule has 0 amide bonds. The monoisotopic (exact) mass is 370 g/mol. The Labute approximate surface area is 158 Å². The molecule has 2 aromatic heterocycles. The predicted molar refractivity (Wildman–Crippen MR) is 108 cm³/mol. The van der Waals surface area contributed by atoms with Gasteiger partial charge in [-0.2, -0.15) is 4.98 Å². The van der Waals surface area contributed by atoms with Crippen LogP contribution >= 0.6 is 11.3 Å². The Morgan fingerprint density at radius 2 is 2.19 bits per heavy atom. The summed E-state index contributed by atoms with van der Waals surface area (Å²) in [4.78, 5) is 11.7. The third-order valence-corrected chi connectivity index (χ3v) is 5.99. The van der Waals surface area contributed by atoms with E-state index in [2.05, 4.69) is 41.2 Å². The fraction of sp³-hybridized carbons (Fsp3) is 0.500. The molecule has 1 fully saturated rings. The Hall–Kier alpha value is -1.92. The number of anilines is 1. The van der Waals surface area contributed by atoms with E-state index in [9.17, 15) is 0 Å². The van der Waals surface area contributed by atoms with Crippen molar-refractivity contribution in [3.63, 3.8) is 0 Å². The first-order chi connectivity index (χ1) is 12.7. The normalized spacial score (nSPS) is 18.6. The highest BCUT2D eigenvalue weighted by molar-refractivity contribution is 7.13. The third kappa shape index (κ3) is 3.35. The number of rotatable bonds is 4. The molecule has 3 heterocycles. The molecule has 1 atom stereocenters. The molecular formula is C20H26N4OS. The molecule has 26 heavy (non-hydrogen) atoms. The van der Waals surface area contributed by atoms with Gasteiger partial charge in [-0.3, -0.25) is 0 Å². The number of nitrogens with one attached hydrogen (secondary N) is 1. The number of oxazole rings is 1. The minimum absolute atomic E-state index is 0.435. The first-order valence-corrected chi connectivity index (χ1v) is 10.3. The molecule has 4 rings (SSSR count). The molecule has 0 spiro atoms. The van der Waals surface area contributed by atoms with Crippen molar-refractivity contribution in [2.24, 2.45) is 0 Å². The topological polar surface area (TPSA) is 54.2 Å². The van der Waals surface area contributed by atoms with Gasteiger partial charge >= 0.3 is 0 Å². The molecule has 1 N–H and O–H groups in total. The largest absolute Gasteiger partial charge is 0.423 e. The average molecular weight is 371 g/mol. The van der Waals surface area contributed by atoms with E-state index in [4.69, 9.17) is 9.40 Å². The van der Waals surface area contributed by atoms with Gasteiger partial charge in [0.1, 0.15) is 10.5 Å². The van der Waals surface area contributed by atoms with E-state index in [0.29, 0.717) is 12.0 Å². The van der Waals surface area contributed by atoms with E-state index >= 15 is 0 Å². The van der Waals surface area contributed by atoms with E-state index in [0.717, 1.165) is 40.8 Å². The Bertz CT molecular complexity index is 871. The number of benzene rings is 1. The van der Waals surface area contributed by atoms with Gasteiger partial charge in [0.2, 0.25) is 0 Å². The van der Waals surface area contributed by atoms with Gasteiger partial charge in [-0.25, -0.2) is 4.98 Å². The molecular weight excluding hydrogens is 344 g/mol. The highest BCUT2D eigenvalue weighted by Gasteiger charge is 2.23. The molecule has 6 heteroatoms. The van der Waals surface area contributed by atoms with Gasteiger partial charge < -0.3 is 14.6 Å². The first kappa shape index (κ1) is 17.5. The number of nitrogens with zero attached hydrogens (tertiary/aromatic N) is 3. The maximum atomic E-state index is 6.30. The zero-order chi connectivity index (χ0) is 18.1. The molecule has 3 aromatic rings. The highest BCUT2D eigenvalue weighted by Crippen LogP contribution is 2.36. The average Bonchev–Trinajstić information content (AvgIpc) is 3.25. The van der Waals surface area contributed by atoms with Crippen molar-refractivity contribution in [3.8, 4) is 10.6 Å². The molecule has 1 aromatic carbocycles. The molecule has 1 saturated heterocycles. The van der Waals surface area contributed by atoms with Gasteiger partial charge in [-0.05, 0) is 43.5 Å². The number of hydrogen-bond donors (Lipinski definition) is 1. The van der Waals surface area contributed by atoms with Crippen LogP contribution in [-0.2, 0) is 0 Å². The summed E-state index contributed by atoms with van der Waals surface area (Å²) >= 11 is 1.64. The predicted octanol–water partition coefficient (Wildman–Crippen LogP) is 4.65. The summed E-state index contributed by atoms with van der Waals surface area (Å²) in [5.74, 6) is 0.435. The van der Waals surface area contributed by atoms with Crippen LogP contribution in [0.4, 0.5) is 6.01 Å². The summed E-state index contributed by atoms with van der Waals surface area (Å²) in [5, 5.41) is 6.41. The van der Waals surface area contributed by atoms with E-state index in [-0.39, 0.29) is 0 Å². The maximum Gasteiger partial charge on any atom is 0.298 e. The number of aromatic nitrogens is 2. The quantitative estimate of drug-likeness (QED) is 0.724. The van der Waals surface area contributed by atoms with Crippen LogP contribution < -0.4 is 10.2 Å². The zero-order valence-electron chi connectivity index (χ0n) is 15.7. The standard InChI is InChI=1S/C20H26N4OS/c1-13(2)14-10-16(19-22-7-9-26-19)18-17(11-14)23-20(25-18)24-8-5-4-6-15(12-24)21-3/h7,9-11,13,15,21H,4-6,8,12H2,1-3H3. The zero-order valence-corrected chi connectivity index (χ0v) is 16.5. The van der Waals surface area contributed by atoms with E-state index < -0.39 is 0 Å².